The maximum Gasteiger partial charge on any atom is 0.106 e. The van der Waals surface area contributed by atoms with E-state index >= 15 is 0 Å². The zero-order valence-electron chi connectivity index (χ0n) is 5.73. The average Bonchev–Trinajstić information content (AvgIpc) is 1.78. The van der Waals surface area contributed by atoms with Crippen LogP contribution in [-0.2, 0) is 9.59 Å². The summed E-state index contributed by atoms with van der Waals surface area (Å²) in [7, 11) is 0. The predicted molar refractivity (Wildman–Crippen MR) is 40.7 cm³/mol. The molecule has 0 bridgehead atoms. The van der Waals surface area contributed by atoms with Crippen molar-refractivity contribution in [3.63, 3.8) is 0 Å². The van der Waals surface area contributed by atoms with Crippen molar-refractivity contribution < 1.29 is 9.59 Å². The highest BCUT2D eigenvalue weighted by Gasteiger charge is 1.38. The fourth-order valence-corrected chi connectivity index (χ4v) is 0. The first-order valence-corrected chi connectivity index (χ1v) is 2.09. The van der Waals surface area contributed by atoms with Gasteiger partial charge in [0, 0.05) is 5.88 Å². The number of halogens is 1. The Kier molecular flexibility index (Phi) is 4600. The Morgan fingerprint density at radius 2 is 1.11 bits per heavy atom. The summed E-state index contributed by atoms with van der Waals surface area (Å²) >= 11 is 5.00. The zero-order valence-corrected chi connectivity index (χ0v) is 6.49. The van der Waals surface area contributed by atoms with Crippen LogP contribution in [0, 0.1) is 0 Å². The second-order valence-corrected chi connectivity index (χ2v) is 0.802. The van der Waals surface area contributed by atoms with Crippen LogP contribution in [0.4, 0.5) is 0 Å². The van der Waals surface area contributed by atoms with E-state index in [1.54, 1.807) is 0 Å². The van der Waals surface area contributed by atoms with Crippen molar-refractivity contribution in [1.29, 1.82) is 0 Å². The average molecular weight is 159 g/mol. The lowest BCUT2D eigenvalue weighted by molar-refractivity contribution is -0.0987. The van der Waals surface area contributed by atoms with Crippen LogP contribution in [0.2, 0.25) is 0 Å². The third-order valence-electron chi connectivity index (χ3n) is 0. The Balaban J connectivity index is -0.00000000825. The summed E-state index contributed by atoms with van der Waals surface area (Å²) in [5.41, 5.74) is 0. The maximum atomic E-state index is 8.00. The fraction of sp³-hybridized carbons (Fsp3) is 0.500. The molecule has 0 aliphatic carbocycles. The van der Waals surface area contributed by atoms with E-state index in [1.807, 2.05) is 20.5 Å². The van der Waals surface area contributed by atoms with Crippen LogP contribution >= 0.6 is 11.6 Å². The zero-order chi connectivity index (χ0) is 6.71. The Morgan fingerprint density at radius 3 is 1.11 bits per heavy atom. The number of hydrogen-bond donors (Lipinski definition) is 2. The van der Waals surface area contributed by atoms with Gasteiger partial charge in [0.2, 0.25) is 0 Å². The van der Waals surface area contributed by atoms with Gasteiger partial charge in [0.05, 0.1) is 0 Å². The van der Waals surface area contributed by atoms with Crippen LogP contribution in [0.1, 0.15) is 6.92 Å². The molecule has 0 heterocycles. The monoisotopic (exact) mass is 158 g/mol. The van der Waals surface area contributed by atoms with Crippen LogP contribution in [0.15, 0.2) is 0 Å². The molecule has 0 aromatic carbocycles. The summed E-state index contributed by atoms with van der Waals surface area (Å²) in [6.07, 6.45) is 0. The largest absolute Gasteiger partial charge is 0.344 e. The molecule has 0 saturated carbocycles. The lowest BCUT2D eigenvalue weighted by Gasteiger charge is -1.45. The van der Waals surface area contributed by atoms with Gasteiger partial charge in [0.1, 0.15) is 13.6 Å². The lowest BCUT2D eigenvalue weighted by atomic mass is 11.0. The molecule has 0 amide bonds. The molecule has 0 unspecified atom stereocenters. The summed E-state index contributed by atoms with van der Waals surface area (Å²) < 4.78 is 0. The minimum absolute atomic E-state index is 0. The van der Waals surface area contributed by atoms with E-state index < -0.39 is 0 Å². The van der Waals surface area contributed by atoms with Gasteiger partial charge in [-0.1, -0.05) is 6.92 Å². The van der Waals surface area contributed by atoms with Crippen molar-refractivity contribution in [3.05, 3.63) is 0 Å². The summed E-state index contributed by atoms with van der Waals surface area (Å²) in [6.45, 7) is 5.89. The normalized spacial score (nSPS) is 2.89. The maximum absolute atomic E-state index is 8.00. The van der Waals surface area contributed by atoms with Gasteiger partial charge in [-0.05, 0) is 0 Å². The first kappa shape index (κ1) is 38.7. The molecular formula is C4H15ClN2O2. The van der Waals surface area contributed by atoms with E-state index in [9.17, 15) is 0 Å². The van der Waals surface area contributed by atoms with Crippen molar-refractivity contribution in [3.8, 4) is 0 Å². The molecule has 0 aromatic rings. The SMILES string of the molecule is C=O.C=O.CCCl.N.N. The molecule has 0 atom stereocenters. The van der Waals surface area contributed by atoms with Crippen LogP contribution in [0.5, 0.6) is 0 Å². The van der Waals surface area contributed by atoms with Gasteiger partial charge >= 0.3 is 0 Å². The Morgan fingerprint density at radius 1 is 1.11 bits per heavy atom. The van der Waals surface area contributed by atoms with Crippen LogP contribution in [0.3, 0.4) is 0 Å². The molecule has 0 aliphatic heterocycles. The first-order valence-electron chi connectivity index (χ1n) is 1.55. The van der Waals surface area contributed by atoms with Gasteiger partial charge in [0.25, 0.3) is 0 Å². The number of hydrogen-bond acceptors (Lipinski definition) is 4. The molecule has 0 aliphatic rings. The summed E-state index contributed by atoms with van der Waals surface area (Å²) in [4.78, 5) is 16.0. The van der Waals surface area contributed by atoms with Gasteiger partial charge in [-0.15, -0.1) is 11.6 Å². The van der Waals surface area contributed by atoms with Crippen molar-refractivity contribution in [2.75, 3.05) is 5.88 Å². The predicted octanol–water partition coefficient (Wildman–Crippen LogP) is 1.20. The molecular weight excluding hydrogens is 144 g/mol. The van der Waals surface area contributed by atoms with Crippen molar-refractivity contribution in [2.24, 2.45) is 0 Å². The fourth-order valence-electron chi connectivity index (χ4n) is 0. The lowest BCUT2D eigenvalue weighted by Crippen LogP contribution is -1.36. The first-order chi connectivity index (χ1) is 3.41. The molecule has 5 heteroatoms. The standard InChI is InChI=1S/C2H5Cl.2CH2O.2H3N/c1-2-3;2*1-2;;/h2H2,1H3;2*1H2;2*1H3. The highest BCUT2D eigenvalue weighted by atomic mass is 35.5. The second-order valence-electron chi connectivity index (χ2n) is 0.267. The van der Waals surface area contributed by atoms with E-state index in [0.717, 1.165) is 5.88 Å². The van der Waals surface area contributed by atoms with Gasteiger partial charge in [0.15, 0.2) is 0 Å². The molecule has 4 nitrogen and oxygen atoms in total. The van der Waals surface area contributed by atoms with Gasteiger partial charge < -0.3 is 21.9 Å². The van der Waals surface area contributed by atoms with Gasteiger partial charge in [-0.25, -0.2) is 0 Å². The number of carbonyl (C=O) groups is 2. The Bertz CT molecular complexity index is 24.0. The smallest absolute Gasteiger partial charge is 0.106 e. The quantitative estimate of drug-likeness (QED) is 0.517. The number of carbonyl (C=O) groups excluding carboxylic acids is 2. The van der Waals surface area contributed by atoms with Crippen molar-refractivity contribution in [2.45, 2.75) is 6.92 Å². The molecule has 0 radical (unpaired) electrons. The topological polar surface area (TPSA) is 104 Å². The van der Waals surface area contributed by atoms with Gasteiger partial charge in [-0.3, -0.25) is 0 Å². The van der Waals surface area contributed by atoms with E-state index in [0.29, 0.717) is 0 Å². The van der Waals surface area contributed by atoms with Crippen molar-refractivity contribution >= 4 is 25.2 Å². The summed E-state index contributed by atoms with van der Waals surface area (Å²) in [5.74, 6) is 0.722. The second kappa shape index (κ2) is 1070. The van der Waals surface area contributed by atoms with Crippen LogP contribution in [0.25, 0.3) is 0 Å². The molecule has 0 spiro atoms. The molecule has 0 rings (SSSR count). The number of alkyl halides is 1. The Labute approximate surface area is 60.7 Å². The molecule has 6 N–H and O–H groups in total. The highest BCUT2D eigenvalue weighted by Crippen LogP contribution is 1.59. The van der Waals surface area contributed by atoms with Gasteiger partial charge in [-0.2, -0.15) is 0 Å². The molecule has 0 aromatic heterocycles. The minimum Gasteiger partial charge on any atom is -0.344 e. The van der Waals surface area contributed by atoms with Crippen LogP contribution < -0.4 is 12.3 Å². The molecule has 60 valence electrons. The van der Waals surface area contributed by atoms with Crippen LogP contribution in [-0.4, -0.2) is 19.5 Å². The molecule has 0 fully saturated rings. The number of rotatable bonds is 0. The van der Waals surface area contributed by atoms with E-state index in [1.165, 1.54) is 0 Å². The Hall–Kier alpha value is -0.450. The van der Waals surface area contributed by atoms with E-state index in [2.05, 4.69) is 0 Å². The molecule has 9 heavy (non-hydrogen) atoms. The summed E-state index contributed by atoms with van der Waals surface area (Å²) in [6, 6.07) is 0. The molecule has 0 saturated heterocycles. The third-order valence-corrected chi connectivity index (χ3v) is 0. The minimum atomic E-state index is 0. The highest BCUT2D eigenvalue weighted by molar-refractivity contribution is 6.17. The summed E-state index contributed by atoms with van der Waals surface area (Å²) in [5, 5.41) is 0. The van der Waals surface area contributed by atoms with E-state index in [-0.39, 0.29) is 12.3 Å². The third kappa shape index (κ3) is 1150. The van der Waals surface area contributed by atoms with Crippen molar-refractivity contribution in [1.82, 2.24) is 12.3 Å². The van der Waals surface area contributed by atoms with E-state index in [4.69, 9.17) is 21.2 Å².